The predicted octanol–water partition coefficient (Wildman–Crippen LogP) is 3.73. The maximum absolute atomic E-state index is 15.1. The molecule has 5 aromatic rings. The summed E-state index contributed by atoms with van der Waals surface area (Å²) in [6, 6.07) is 13.5. The van der Waals surface area contributed by atoms with E-state index >= 15 is 4.39 Å². The number of hydrogen-bond acceptors (Lipinski definition) is 5. The zero-order valence-electron chi connectivity index (χ0n) is 19.0. The molecule has 0 aliphatic carbocycles. The van der Waals surface area contributed by atoms with Crippen molar-refractivity contribution in [1.82, 2.24) is 24.8 Å². The number of amides is 2. The number of carbonyl (C=O) groups is 1. The average Bonchev–Trinajstić information content (AvgIpc) is 3.60. The molecule has 1 aliphatic rings. The van der Waals surface area contributed by atoms with E-state index in [1.54, 1.807) is 36.4 Å². The zero-order chi connectivity index (χ0) is 26.6. The summed E-state index contributed by atoms with van der Waals surface area (Å²) in [4.78, 5) is 19.1. The number of benzene rings is 3. The Kier molecular flexibility index (Phi) is 5.13. The van der Waals surface area contributed by atoms with Crippen molar-refractivity contribution in [2.45, 2.75) is 12.7 Å². The van der Waals surface area contributed by atoms with Gasteiger partial charge in [-0.2, -0.15) is 33.5 Å². The summed E-state index contributed by atoms with van der Waals surface area (Å²) in [6.45, 7) is -0.274. The summed E-state index contributed by atoms with van der Waals surface area (Å²) in [6.07, 6.45) is -3.29. The van der Waals surface area contributed by atoms with Crippen molar-refractivity contribution in [3.63, 3.8) is 0 Å². The Bertz CT molecular complexity index is 1950. The van der Waals surface area contributed by atoms with Crippen LogP contribution in [0.15, 0.2) is 70.8 Å². The Balaban J connectivity index is 1.44. The lowest BCUT2D eigenvalue weighted by atomic mass is 10.0. The summed E-state index contributed by atoms with van der Waals surface area (Å²) in [5.41, 5.74) is 0.224. The van der Waals surface area contributed by atoms with Crippen LogP contribution in [0.1, 0.15) is 16.7 Å². The Morgan fingerprint density at radius 2 is 1.79 bits per heavy atom. The summed E-state index contributed by atoms with van der Waals surface area (Å²) in [5, 5.41) is 21.9. The molecule has 0 radical (unpaired) electrons. The van der Waals surface area contributed by atoms with Crippen molar-refractivity contribution < 1.29 is 22.4 Å². The standard InChI is InChI=1S/C25H12F4N8O/c26-18-8-15(9-22-23(18)34-35-37(22)16-3-4-19-20(10-16)33-24(38)32-19)21-5-6-31-36(21)12-14-2-1-13(11-30)7-17(14)25(27,28)29/h1-10H,12H2. The third kappa shape index (κ3) is 3.88. The first-order chi connectivity index (χ1) is 18.2. The molecule has 0 saturated heterocycles. The number of urea groups is 1. The summed E-state index contributed by atoms with van der Waals surface area (Å²) < 4.78 is 58.8. The van der Waals surface area contributed by atoms with Gasteiger partial charge in [0.25, 0.3) is 0 Å². The molecule has 0 spiro atoms. The van der Waals surface area contributed by atoms with Crippen molar-refractivity contribution in [1.29, 1.82) is 5.26 Å². The number of alkyl halides is 3. The maximum atomic E-state index is 15.1. The van der Waals surface area contributed by atoms with E-state index in [0.717, 1.165) is 6.07 Å². The molecule has 13 heteroatoms. The Morgan fingerprint density at radius 1 is 0.974 bits per heavy atom. The van der Waals surface area contributed by atoms with Gasteiger partial charge in [-0.15, -0.1) is 5.10 Å². The molecule has 9 nitrogen and oxygen atoms in total. The van der Waals surface area contributed by atoms with E-state index < -0.39 is 23.6 Å². The molecule has 0 unspecified atom stereocenters. The Morgan fingerprint density at radius 3 is 2.58 bits per heavy atom. The predicted molar refractivity (Wildman–Crippen MR) is 123 cm³/mol. The van der Waals surface area contributed by atoms with Crippen LogP contribution in [0.3, 0.4) is 0 Å². The fourth-order valence-corrected chi connectivity index (χ4v) is 4.29. The van der Waals surface area contributed by atoms with Crippen molar-refractivity contribution in [3.8, 4) is 23.0 Å². The smallest absolute Gasteiger partial charge is 0.260 e. The molecule has 186 valence electrons. The van der Waals surface area contributed by atoms with Crippen LogP contribution in [0.5, 0.6) is 0 Å². The second-order valence-corrected chi connectivity index (χ2v) is 8.36. The summed E-state index contributed by atoms with van der Waals surface area (Å²) in [5.74, 6) is -0.693. The van der Waals surface area contributed by atoms with Crippen LogP contribution in [-0.2, 0) is 12.7 Å². The van der Waals surface area contributed by atoms with E-state index in [1.165, 1.54) is 33.8 Å². The van der Waals surface area contributed by atoms with Gasteiger partial charge < -0.3 is 0 Å². The molecule has 0 fully saturated rings. The molecular formula is C25H12F4N8O. The summed E-state index contributed by atoms with van der Waals surface area (Å²) >= 11 is 0. The van der Waals surface area contributed by atoms with Crippen LogP contribution in [0.4, 0.5) is 22.4 Å². The molecule has 2 amide bonds. The first-order valence-electron chi connectivity index (χ1n) is 11.0. The highest BCUT2D eigenvalue weighted by Gasteiger charge is 2.34. The van der Waals surface area contributed by atoms with E-state index in [4.69, 9.17) is 5.26 Å². The maximum Gasteiger partial charge on any atom is 0.416 e. The van der Waals surface area contributed by atoms with Crippen LogP contribution in [0, 0.1) is 17.1 Å². The number of rotatable bonds is 4. The second-order valence-electron chi connectivity index (χ2n) is 8.36. The van der Waals surface area contributed by atoms with E-state index in [9.17, 15) is 18.0 Å². The van der Waals surface area contributed by atoms with E-state index in [0.29, 0.717) is 27.7 Å². The monoisotopic (exact) mass is 516 g/mol. The van der Waals surface area contributed by atoms with Crippen LogP contribution < -0.4 is 10.7 Å². The Labute approximate surface area is 209 Å². The number of nitriles is 1. The molecular weight excluding hydrogens is 504 g/mol. The molecule has 38 heavy (non-hydrogen) atoms. The third-order valence-corrected chi connectivity index (χ3v) is 6.02. The lowest BCUT2D eigenvalue weighted by Crippen LogP contribution is -2.22. The fraction of sp³-hybridized carbons (Fsp3) is 0.0800. The van der Waals surface area contributed by atoms with Crippen LogP contribution in [0.2, 0.25) is 0 Å². The normalized spacial score (nSPS) is 12.8. The zero-order valence-corrected chi connectivity index (χ0v) is 19.0. The van der Waals surface area contributed by atoms with Crippen molar-refractivity contribution in [2.24, 2.45) is 9.98 Å². The molecule has 0 saturated carbocycles. The number of hydrogen-bond donors (Lipinski definition) is 0. The van der Waals surface area contributed by atoms with Gasteiger partial charge in [-0.1, -0.05) is 11.3 Å². The molecule has 3 aromatic carbocycles. The molecule has 0 bridgehead atoms. The van der Waals surface area contributed by atoms with Crippen LogP contribution >= 0.6 is 0 Å². The van der Waals surface area contributed by atoms with Crippen molar-refractivity contribution in [2.75, 3.05) is 0 Å². The third-order valence-electron chi connectivity index (χ3n) is 6.02. The first-order valence-corrected chi connectivity index (χ1v) is 11.0. The molecule has 0 atom stereocenters. The number of carbonyl (C=O) groups excluding carboxylic acids is 1. The second kappa shape index (κ2) is 8.41. The molecule has 1 aliphatic heterocycles. The van der Waals surface area contributed by atoms with Gasteiger partial charge in [-0.3, -0.25) is 4.68 Å². The minimum atomic E-state index is -4.68. The molecule has 2 aromatic heterocycles. The van der Waals surface area contributed by atoms with Crippen molar-refractivity contribution in [3.05, 3.63) is 94.0 Å². The highest BCUT2D eigenvalue weighted by atomic mass is 19.4. The van der Waals surface area contributed by atoms with Gasteiger partial charge in [0.1, 0.15) is 5.52 Å². The minimum absolute atomic E-state index is 0.0236. The molecule has 6 rings (SSSR count). The topological polar surface area (TPSA) is 114 Å². The van der Waals surface area contributed by atoms with E-state index in [2.05, 4.69) is 25.4 Å². The minimum Gasteiger partial charge on any atom is -0.260 e. The molecule has 0 N–H and O–H groups in total. The van der Waals surface area contributed by atoms with Gasteiger partial charge >= 0.3 is 12.2 Å². The number of halogens is 4. The van der Waals surface area contributed by atoms with Crippen LogP contribution in [0.25, 0.3) is 28.0 Å². The SMILES string of the molecule is N#Cc1ccc(Cn2nccc2-c2cc(F)c3nnn(-c4ccc5c(c4)=NC(=O)N=5)c3c2)c(C(F)(F)F)c1. The van der Waals surface area contributed by atoms with Gasteiger partial charge in [0.15, 0.2) is 5.82 Å². The largest absolute Gasteiger partial charge is 0.416 e. The number of fused-ring (bicyclic) bond motifs is 2. The molecule has 3 heterocycles. The lowest BCUT2D eigenvalue weighted by molar-refractivity contribution is -0.138. The average molecular weight is 516 g/mol. The van der Waals surface area contributed by atoms with Crippen LogP contribution in [-0.4, -0.2) is 30.8 Å². The lowest BCUT2D eigenvalue weighted by Gasteiger charge is -2.15. The van der Waals surface area contributed by atoms with E-state index in [-0.39, 0.29) is 28.7 Å². The highest BCUT2D eigenvalue weighted by molar-refractivity contribution is 5.83. The first kappa shape index (κ1) is 23.2. The highest BCUT2D eigenvalue weighted by Crippen LogP contribution is 2.34. The van der Waals surface area contributed by atoms with Gasteiger partial charge in [0, 0.05) is 11.8 Å². The van der Waals surface area contributed by atoms with Gasteiger partial charge in [-0.05, 0) is 54.1 Å². The van der Waals surface area contributed by atoms with Gasteiger partial charge in [-0.25, -0.2) is 13.9 Å². The quantitative estimate of drug-likeness (QED) is 0.338. The number of aromatic nitrogens is 5. The van der Waals surface area contributed by atoms with E-state index in [1.807, 2.05) is 0 Å². The fourth-order valence-electron chi connectivity index (χ4n) is 4.29. The van der Waals surface area contributed by atoms with Gasteiger partial charge in [0.2, 0.25) is 0 Å². The number of nitrogens with zero attached hydrogens (tertiary/aromatic N) is 8. The summed E-state index contributed by atoms with van der Waals surface area (Å²) in [7, 11) is 0. The van der Waals surface area contributed by atoms with Crippen molar-refractivity contribution >= 4 is 17.1 Å². The Hall–Kier alpha value is -5.25. The van der Waals surface area contributed by atoms with Gasteiger partial charge in [0.05, 0.1) is 51.4 Å².